The Bertz CT molecular complexity index is 872. The maximum Gasteiger partial charge on any atom is 0.140 e. The number of pyridine rings is 1. The van der Waals surface area contributed by atoms with Gasteiger partial charge in [0.05, 0.1) is 23.9 Å². The zero-order chi connectivity index (χ0) is 15.0. The summed E-state index contributed by atoms with van der Waals surface area (Å²) in [5, 5.41) is 9.86. The Morgan fingerprint density at radius 2 is 2.05 bits per heavy atom. The van der Waals surface area contributed by atoms with Crippen molar-refractivity contribution in [2.75, 3.05) is 0 Å². The Hall–Kier alpha value is -2.31. The first-order valence-corrected chi connectivity index (χ1v) is 7.09. The predicted molar refractivity (Wildman–Crippen MR) is 84.4 cm³/mol. The highest BCUT2D eigenvalue weighted by molar-refractivity contribution is 6.31. The van der Waals surface area contributed by atoms with Crippen LogP contribution in [0.15, 0.2) is 36.5 Å². The molecule has 0 aliphatic carbocycles. The summed E-state index contributed by atoms with van der Waals surface area (Å²) in [5.74, 6) is 0. The first kappa shape index (κ1) is 13.7. The summed E-state index contributed by atoms with van der Waals surface area (Å²) < 4.78 is 2.00. The van der Waals surface area contributed by atoms with Crippen molar-refractivity contribution in [2.45, 2.75) is 20.3 Å². The number of aromatic nitrogens is 2. The molecule has 2 heterocycles. The van der Waals surface area contributed by atoms with Gasteiger partial charge in [0.2, 0.25) is 0 Å². The third-order valence-corrected chi connectivity index (χ3v) is 4.05. The zero-order valence-corrected chi connectivity index (χ0v) is 12.6. The van der Waals surface area contributed by atoms with Crippen LogP contribution in [0.1, 0.15) is 16.8 Å². The monoisotopic (exact) mass is 295 g/mol. The summed E-state index contributed by atoms with van der Waals surface area (Å²) in [7, 11) is 0. The molecule has 4 heteroatoms. The minimum Gasteiger partial charge on any atom is -0.302 e. The van der Waals surface area contributed by atoms with E-state index in [-0.39, 0.29) is 0 Å². The van der Waals surface area contributed by atoms with Crippen LogP contribution in [-0.4, -0.2) is 9.38 Å². The molecule has 3 aromatic rings. The van der Waals surface area contributed by atoms with E-state index in [1.54, 1.807) is 0 Å². The molecule has 21 heavy (non-hydrogen) atoms. The van der Waals surface area contributed by atoms with Crippen molar-refractivity contribution in [3.8, 4) is 17.3 Å². The van der Waals surface area contributed by atoms with Crippen LogP contribution in [0.3, 0.4) is 0 Å². The van der Waals surface area contributed by atoms with Gasteiger partial charge in [-0.1, -0.05) is 23.7 Å². The Morgan fingerprint density at radius 3 is 2.76 bits per heavy atom. The summed E-state index contributed by atoms with van der Waals surface area (Å²) in [6.07, 6.45) is 2.27. The van der Waals surface area contributed by atoms with Crippen molar-refractivity contribution in [1.82, 2.24) is 9.38 Å². The molecule has 0 aliphatic rings. The van der Waals surface area contributed by atoms with E-state index < -0.39 is 0 Å². The van der Waals surface area contributed by atoms with E-state index in [0.29, 0.717) is 6.42 Å². The molecule has 0 atom stereocenters. The Kier molecular flexibility index (Phi) is 3.40. The summed E-state index contributed by atoms with van der Waals surface area (Å²) in [6.45, 7) is 3.99. The van der Waals surface area contributed by atoms with Gasteiger partial charge >= 0.3 is 0 Å². The van der Waals surface area contributed by atoms with Crippen molar-refractivity contribution >= 4 is 17.2 Å². The van der Waals surface area contributed by atoms with Crippen LogP contribution in [0.5, 0.6) is 0 Å². The Balaban J connectivity index is 2.31. The molecule has 3 rings (SSSR count). The maximum absolute atomic E-state index is 9.12. The average molecular weight is 296 g/mol. The lowest BCUT2D eigenvalue weighted by molar-refractivity contribution is 1.05. The second-order valence-electron chi connectivity index (χ2n) is 5.09. The molecule has 1 aromatic carbocycles. The zero-order valence-electron chi connectivity index (χ0n) is 11.9. The van der Waals surface area contributed by atoms with Crippen LogP contribution < -0.4 is 0 Å². The van der Waals surface area contributed by atoms with Crippen LogP contribution in [0, 0.1) is 25.2 Å². The molecule has 3 nitrogen and oxygen atoms in total. The fourth-order valence-electron chi connectivity index (χ4n) is 2.52. The fourth-order valence-corrected chi connectivity index (χ4v) is 2.64. The van der Waals surface area contributed by atoms with Gasteiger partial charge < -0.3 is 4.40 Å². The highest BCUT2D eigenvalue weighted by atomic mass is 35.5. The molecule has 0 aliphatic heterocycles. The second kappa shape index (κ2) is 5.23. The molecule has 0 saturated heterocycles. The number of halogens is 1. The van der Waals surface area contributed by atoms with Gasteiger partial charge in [-0.3, -0.25) is 0 Å². The lowest BCUT2D eigenvalue weighted by atomic mass is 10.1. The molecule has 0 radical (unpaired) electrons. The molecule has 0 saturated carbocycles. The fraction of sp³-hybridized carbons (Fsp3) is 0.176. The number of hydrogen-bond donors (Lipinski definition) is 0. The topological polar surface area (TPSA) is 41.1 Å². The number of nitriles is 1. The molecule has 0 spiro atoms. The van der Waals surface area contributed by atoms with Crippen LogP contribution in [0.4, 0.5) is 0 Å². The van der Waals surface area contributed by atoms with E-state index in [2.05, 4.69) is 6.07 Å². The first-order valence-electron chi connectivity index (χ1n) is 6.72. The lowest BCUT2D eigenvalue weighted by Gasteiger charge is -2.04. The second-order valence-corrected chi connectivity index (χ2v) is 5.50. The van der Waals surface area contributed by atoms with Gasteiger partial charge in [0.1, 0.15) is 5.65 Å². The lowest BCUT2D eigenvalue weighted by Crippen LogP contribution is -1.94. The summed E-state index contributed by atoms with van der Waals surface area (Å²) in [5.41, 5.74) is 5.75. The molecular formula is C17H14ClN3. The average Bonchev–Trinajstić information content (AvgIpc) is 2.83. The SMILES string of the molecule is Cc1cc(-c2nc3c(C)cccn3c2CC#N)ccc1Cl. The number of hydrogen-bond acceptors (Lipinski definition) is 2. The largest absolute Gasteiger partial charge is 0.302 e. The number of rotatable bonds is 2. The van der Waals surface area contributed by atoms with Crippen LogP contribution in [0.2, 0.25) is 5.02 Å². The van der Waals surface area contributed by atoms with E-state index in [1.165, 1.54) is 0 Å². The van der Waals surface area contributed by atoms with Gasteiger partial charge in [-0.15, -0.1) is 0 Å². The molecule has 0 fully saturated rings. The normalized spacial score (nSPS) is 10.8. The van der Waals surface area contributed by atoms with Gasteiger partial charge in [-0.2, -0.15) is 5.26 Å². The highest BCUT2D eigenvalue weighted by Crippen LogP contribution is 2.28. The first-order chi connectivity index (χ1) is 10.1. The molecule has 104 valence electrons. The van der Waals surface area contributed by atoms with Crippen LogP contribution in [0.25, 0.3) is 16.9 Å². The maximum atomic E-state index is 9.12. The highest BCUT2D eigenvalue weighted by Gasteiger charge is 2.15. The van der Waals surface area contributed by atoms with Crippen molar-refractivity contribution in [3.05, 3.63) is 58.4 Å². The van der Waals surface area contributed by atoms with E-state index in [9.17, 15) is 0 Å². The van der Waals surface area contributed by atoms with Crippen molar-refractivity contribution in [3.63, 3.8) is 0 Å². The Labute approximate surface area is 128 Å². The van der Waals surface area contributed by atoms with E-state index >= 15 is 0 Å². The molecular weight excluding hydrogens is 282 g/mol. The number of nitrogens with zero attached hydrogens (tertiary/aromatic N) is 3. The third-order valence-electron chi connectivity index (χ3n) is 3.62. The summed E-state index contributed by atoms with van der Waals surface area (Å²) >= 11 is 6.10. The van der Waals surface area contributed by atoms with E-state index in [4.69, 9.17) is 21.8 Å². The minimum absolute atomic E-state index is 0.321. The number of benzene rings is 1. The standard InChI is InChI=1S/C17H14ClN3/c1-11-4-3-9-21-15(7-8-19)16(20-17(11)21)13-5-6-14(18)12(2)10-13/h3-6,9-10H,7H2,1-2H3. The Morgan fingerprint density at radius 1 is 1.24 bits per heavy atom. The molecule has 0 bridgehead atoms. The van der Waals surface area contributed by atoms with Crippen molar-refractivity contribution < 1.29 is 0 Å². The van der Waals surface area contributed by atoms with Crippen LogP contribution >= 0.6 is 11.6 Å². The number of imidazole rings is 1. The molecule has 2 aromatic heterocycles. The van der Waals surface area contributed by atoms with E-state index in [1.807, 2.05) is 54.8 Å². The third kappa shape index (κ3) is 2.28. The molecule has 0 N–H and O–H groups in total. The quantitative estimate of drug-likeness (QED) is 0.706. The number of fused-ring (bicyclic) bond motifs is 1. The van der Waals surface area contributed by atoms with Gasteiger partial charge in [0.25, 0.3) is 0 Å². The van der Waals surface area contributed by atoms with Gasteiger partial charge in [0.15, 0.2) is 0 Å². The van der Waals surface area contributed by atoms with Crippen molar-refractivity contribution in [1.29, 1.82) is 5.26 Å². The smallest absolute Gasteiger partial charge is 0.140 e. The minimum atomic E-state index is 0.321. The molecule has 0 unspecified atom stereocenters. The van der Waals surface area contributed by atoms with Crippen molar-refractivity contribution in [2.24, 2.45) is 0 Å². The molecule has 0 amide bonds. The van der Waals surface area contributed by atoms with Gasteiger partial charge in [0, 0.05) is 16.8 Å². The van der Waals surface area contributed by atoms with Gasteiger partial charge in [-0.25, -0.2) is 4.98 Å². The van der Waals surface area contributed by atoms with E-state index in [0.717, 1.165) is 38.7 Å². The predicted octanol–water partition coefficient (Wildman–Crippen LogP) is 4.34. The summed E-state index contributed by atoms with van der Waals surface area (Å²) in [6, 6.07) is 12.1. The van der Waals surface area contributed by atoms with Gasteiger partial charge in [-0.05, 0) is 43.2 Å². The summed E-state index contributed by atoms with van der Waals surface area (Å²) in [4.78, 5) is 4.74. The number of aryl methyl sites for hydroxylation is 2. The van der Waals surface area contributed by atoms with Crippen LogP contribution in [-0.2, 0) is 6.42 Å².